The van der Waals surface area contributed by atoms with Crippen LogP contribution in [0.1, 0.15) is 31.7 Å². The van der Waals surface area contributed by atoms with Crippen molar-refractivity contribution in [1.82, 2.24) is 15.5 Å². The lowest BCUT2D eigenvalue weighted by Gasteiger charge is -2.02. The van der Waals surface area contributed by atoms with Crippen LogP contribution in [-0.4, -0.2) is 22.6 Å². The van der Waals surface area contributed by atoms with E-state index in [2.05, 4.69) is 20.8 Å². The molecule has 0 aromatic carbocycles. The van der Waals surface area contributed by atoms with Crippen molar-refractivity contribution in [3.05, 3.63) is 30.2 Å². The van der Waals surface area contributed by atoms with Gasteiger partial charge in [0.15, 0.2) is 0 Å². The van der Waals surface area contributed by atoms with Crippen molar-refractivity contribution >= 4 is 11.9 Å². The molecule has 1 atom stereocenters. The maximum atomic E-state index is 11.4. The highest BCUT2D eigenvalue weighted by atomic mass is 16.4. The predicted molar refractivity (Wildman–Crippen MR) is 66.9 cm³/mol. The van der Waals surface area contributed by atoms with Crippen LogP contribution in [0.4, 0.5) is 6.01 Å². The Balaban J connectivity index is 1.91. The van der Waals surface area contributed by atoms with E-state index >= 15 is 0 Å². The molecule has 1 amide bonds. The summed E-state index contributed by atoms with van der Waals surface area (Å²) in [5, 5.41) is 13.5. The molecule has 6 nitrogen and oxygen atoms in total. The van der Waals surface area contributed by atoms with Crippen LogP contribution in [0, 0.1) is 0 Å². The Morgan fingerprint density at radius 1 is 1.50 bits per heavy atom. The molecule has 0 saturated carbocycles. The monoisotopic (exact) mass is 248 g/mol. The Hall–Kier alpha value is -1.95. The number of allylic oxidation sites excluding steroid dienone is 3. The van der Waals surface area contributed by atoms with E-state index in [0.717, 1.165) is 19.4 Å². The first-order valence-corrected chi connectivity index (χ1v) is 5.96. The van der Waals surface area contributed by atoms with Crippen LogP contribution in [0.3, 0.4) is 0 Å². The molecule has 0 spiro atoms. The van der Waals surface area contributed by atoms with Gasteiger partial charge in [-0.2, -0.15) is 0 Å². The summed E-state index contributed by atoms with van der Waals surface area (Å²) >= 11 is 0. The Bertz CT molecular complexity index is 458. The maximum absolute atomic E-state index is 11.4. The topological polar surface area (TPSA) is 80.0 Å². The fourth-order valence-electron chi connectivity index (χ4n) is 1.72. The van der Waals surface area contributed by atoms with Crippen LogP contribution in [0.5, 0.6) is 0 Å². The van der Waals surface area contributed by atoms with Crippen molar-refractivity contribution in [3.63, 3.8) is 0 Å². The van der Waals surface area contributed by atoms with Gasteiger partial charge in [0.1, 0.15) is 0 Å². The van der Waals surface area contributed by atoms with Gasteiger partial charge in [-0.05, 0) is 26.3 Å². The standard InChI is InChI=1S/C12H16N4O2/c1-2-3-4-7-10(17)14-12-16-15-11(18-12)9-6-5-8-13-9/h2-4,7,9,13H,5-6,8H2,1H3,(H,14,16,17). The highest BCUT2D eigenvalue weighted by Crippen LogP contribution is 2.22. The highest BCUT2D eigenvalue weighted by molar-refractivity contribution is 5.97. The van der Waals surface area contributed by atoms with Gasteiger partial charge < -0.3 is 9.73 Å². The molecule has 2 heterocycles. The number of carbonyl (C=O) groups excluding carboxylic acids is 1. The highest BCUT2D eigenvalue weighted by Gasteiger charge is 2.22. The predicted octanol–water partition coefficient (Wildman–Crippen LogP) is 1.56. The molecule has 96 valence electrons. The van der Waals surface area contributed by atoms with E-state index in [1.807, 2.05) is 13.0 Å². The molecule has 1 aliphatic rings. The van der Waals surface area contributed by atoms with E-state index in [9.17, 15) is 4.79 Å². The average molecular weight is 248 g/mol. The number of carbonyl (C=O) groups is 1. The van der Waals surface area contributed by atoms with Crippen molar-refractivity contribution < 1.29 is 9.21 Å². The molecule has 0 bridgehead atoms. The number of hydrogen-bond donors (Lipinski definition) is 2. The van der Waals surface area contributed by atoms with E-state index in [1.165, 1.54) is 6.08 Å². The number of amides is 1. The summed E-state index contributed by atoms with van der Waals surface area (Å²) in [6.07, 6.45) is 8.72. The Kier molecular flexibility index (Phi) is 4.25. The van der Waals surface area contributed by atoms with E-state index < -0.39 is 0 Å². The summed E-state index contributed by atoms with van der Waals surface area (Å²) in [5.41, 5.74) is 0. The number of nitrogens with zero attached hydrogens (tertiary/aromatic N) is 2. The van der Waals surface area contributed by atoms with Crippen molar-refractivity contribution in [2.45, 2.75) is 25.8 Å². The van der Waals surface area contributed by atoms with E-state index in [1.54, 1.807) is 12.2 Å². The lowest BCUT2D eigenvalue weighted by Crippen LogP contribution is -2.13. The number of aromatic nitrogens is 2. The van der Waals surface area contributed by atoms with Crippen LogP contribution in [0.15, 0.2) is 28.7 Å². The second kappa shape index (κ2) is 6.11. The second-order valence-electron chi connectivity index (χ2n) is 3.97. The minimum atomic E-state index is -0.289. The first-order chi connectivity index (χ1) is 8.79. The summed E-state index contributed by atoms with van der Waals surface area (Å²) in [5.74, 6) is 0.239. The van der Waals surface area contributed by atoms with Gasteiger partial charge in [0.2, 0.25) is 5.89 Å². The minimum Gasteiger partial charge on any atom is -0.406 e. The number of rotatable bonds is 4. The molecule has 0 radical (unpaired) electrons. The first-order valence-electron chi connectivity index (χ1n) is 5.96. The molecule has 1 aromatic rings. The molecule has 6 heteroatoms. The van der Waals surface area contributed by atoms with Crippen LogP contribution < -0.4 is 10.6 Å². The van der Waals surface area contributed by atoms with Gasteiger partial charge in [0, 0.05) is 6.08 Å². The average Bonchev–Trinajstić information content (AvgIpc) is 2.98. The molecule has 2 N–H and O–H groups in total. The van der Waals surface area contributed by atoms with Gasteiger partial charge in [-0.25, -0.2) is 0 Å². The van der Waals surface area contributed by atoms with Crippen molar-refractivity contribution in [1.29, 1.82) is 0 Å². The molecule has 18 heavy (non-hydrogen) atoms. The van der Waals surface area contributed by atoms with Gasteiger partial charge in [-0.1, -0.05) is 23.3 Å². The van der Waals surface area contributed by atoms with E-state index in [4.69, 9.17) is 4.42 Å². The summed E-state index contributed by atoms with van der Waals surface area (Å²) in [6, 6.07) is 0.246. The third-order valence-electron chi connectivity index (χ3n) is 2.58. The van der Waals surface area contributed by atoms with Crippen LogP contribution in [-0.2, 0) is 4.79 Å². The smallest absolute Gasteiger partial charge is 0.322 e. The normalized spacial score (nSPS) is 19.9. The number of anilines is 1. The zero-order chi connectivity index (χ0) is 12.8. The van der Waals surface area contributed by atoms with Gasteiger partial charge in [-0.3, -0.25) is 10.1 Å². The summed E-state index contributed by atoms with van der Waals surface area (Å²) in [6.45, 7) is 2.84. The largest absolute Gasteiger partial charge is 0.406 e. The third-order valence-corrected chi connectivity index (χ3v) is 2.58. The van der Waals surface area contributed by atoms with E-state index in [0.29, 0.717) is 5.89 Å². The Morgan fingerprint density at radius 2 is 2.39 bits per heavy atom. The van der Waals surface area contributed by atoms with Crippen LogP contribution in [0.2, 0.25) is 0 Å². The number of hydrogen-bond acceptors (Lipinski definition) is 5. The lowest BCUT2D eigenvalue weighted by molar-refractivity contribution is -0.112. The van der Waals surface area contributed by atoms with Crippen molar-refractivity contribution in [3.8, 4) is 0 Å². The lowest BCUT2D eigenvalue weighted by atomic mass is 10.2. The first kappa shape index (κ1) is 12.5. The fourth-order valence-corrected chi connectivity index (χ4v) is 1.72. The van der Waals surface area contributed by atoms with Gasteiger partial charge >= 0.3 is 6.01 Å². The summed E-state index contributed by atoms with van der Waals surface area (Å²) < 4.78 is 5.38. The van der Waals surface area contributed by atoms with E-state index in [-0.39, 0.29) is 18.0 Å². The molecular weight excluding hydrogens is 232 g/mol. The van der Waals surface area contributed by atoms with Crippen LogP contribution >= 0.6 is 0 Å². The van der Waals surface area contributed by atoms with Crippen LogP contribution in [0.25, 0.3) is 0 Å². The molecule has 2 rings (SSSR count). The molecule has 1 saturated heterocycles. The molecular formula is C12H16N4O2. The quantitative estimate of drug-likeness (QED) is 0.624. The fraction of sp³-hybridized carbons (Fsp3) is 0.417. The summed E-state index contributed by atoms with van der Waals surface area (Å²) in [7, 11) is 0. The molecule has 1 aliphatic heterocycles. The third kappa shape index (κ3) is 3.27. The Morgan fingerprint density at radius 3 is 3.11 bits per heavy atom. The molecule has 1 aromatic heterocycles. The minimum absolute atomic E-state index is 0.113. The summed E-state index contributed by atoms with van der Waals surface area (Å²) in [4.78, 5) is 11.4. The van der Waals surface area contributed by atoms with Gasteiger partial charge in [0.05, 0.1) is 6.04 Å². The van der Waals surface area contributed by atoms with Crippen molar-refractivity contribution in [2.75, 3.05) is 11.9 Å². The zero-order valence-corrected chi connectivity index (χ0v) is 10.2. The molecule has 1 fully saturated rings. The maximum Gasteiger partial charge on any atom is 0.322 e. The Labute approximate surface area is 105 Å². The second-order valence-corrected chi connectivity index (χ2v) is 3.97. The number of nitrogens with one attached hydrogen (secondary N) is 2. The van der Waals surface area contributed by atoms with Crippen molar-refractivity contribution in [2.24, 2.45) is 0 Å². The van der Waals surface area contributed by atoms with Gasteiger partial charge in [-0.15, -0.1) is 5.10 Å². The van der Waals surface area contributed by atoms with Gasteiger partial charge in [0.25, 0.3) is 5.91 Å². The zero-order valence-electron chi connectivity index (χ0n) is 10.2. The molecule has 1 unspecified atom stereocenters. The SMILES string of the molecule is CC=CC=CC(=O)Nc1nnc(C2CCCN2)o1. The molecule has 0 aliphatic carbocycles.